The van der Waals surface area contributed by atoms with Crippen molar-refractivity contribution in [2.24, 2.45) is 5.73 Å². The van der Waals surface area contributed by atoms with E-state index >= 15 is 0 Å². The fourth-order valence-electron chi connectivity index (χ4n) is 0.976. The lowest BCUT2D eigenvalue weighted by molar-refractivity contribution is 0.164. The Labute approximate surface area is 81.5 Å². The maximum absolute atomic E-state index is 9.24. The molecule has 1 aromatic heterocycles. The average molecular weight is 202 g/mol. The van der Waals surface area contributed by atoms with Gasteiger partial charge in [0.2, 0.25) is 0 Å². The minimum absolute atomic E-state index is 0.280. The summed E-state index contributed by atoms with van der Waals surface area (Å²) >= 11 is 5.78. The first kappa shape index (κ1) is 10.2. The van der Waals surface area contributed by atoms with Gasteiger partial charge in [0.1, 0.15) is 5.15 Å². The highest BCUT2D eigenvalue weighted by atomic mass is 35.5. The van der Waals surface area contributed by atoms with E-state index in [1.54, 1.807) is 13.0 Å². The van der Waals surface area contributed by atoms with Crippen molar-refractivity contribution in [1.29, 1.82) is 0 Å². The number of nitrogens with zero attached hydrogens (tertiary/aromatic N) is 1. The van der Waals surface area contributed by atoms with Gasteiger partial charge in [-0.1, -0.05) is 11.6 Å². The van der Waals surface area contributed by atoms with Crippen LogP contribution in [0, 0.1) is 0 Å². The van der Waals surface area contributed by atoms with E-state index in [9.17, 15) is 5.11 Å². The largest absolute Gasteiger partial charge is 0.397 e. The van der Waals surface area contributed by atoms with Gasteiger partial charge in [0.05, 0.1) is 24.0 Å². The van der Waals surface area contributed by atoms with Crippen molar-refractivity contribution in [3.8, 4) is 0 Å². The third-order valence-corrected chi connectivity index (χ3v) is 2.08. The molecule has 0 radical (unpaired) electrons. The summed E-state index contributed by atoms with van der Waals surface area (Å²) < 4.78 is 0. The minimum atomic E-state index is -0.680. The second-order valence-electron chi connectivity index (χ2n) is 2.92. The van der Waals surface area contributed by atoms with Gasteiger partial charge in [-0.05, 0) is 13.0 Å². The number of aliphatic hydroxyl groups excluding tert-OH is 1. The van der Waals surface area contributed by atoms with Gasteiger partial charge in [0.15, 0.2) is 0 Å². The second kappa shape index (κ2) is 3.91. The molecular weight excluding hydrogens is 190 g/mol. The Bertz CT molecular complexity index is 303. The topological polar surface area (TPSA) is 85.2 Å². The summed E-state index contributed by atoms with van der Waals surface area (Å²) in [5.41, 5.74) is 12.2. The molecule has 5 N–H and O–H groups in total. The highest BCUT2D eigenvalue weighted by Gasteiger charge is 2.16. The third-order valence-electron chi connectivity index (χ3n) is 1.77. The first-order valence-electron chi connectivity index (χ1n) is 3.87. The van der Waals surface area contributed by atoms with Gasteiger partial charge in [0, 0.05) is 5.56 Å². The van der Waals surface area contributed by atoms with Crippen LogP contribution in [0.15, 0.2) is 12.3 Å². The lowest BCUT2D eigenvalue weighted by atomic mass is 10.1. The van der Waals surface area contributed by atoms with Gasteiger partial charge in [-0.3, -0.25) is 0 Å². The van der Waals surface area contributed by atoms with Crippen molar-refractivity contribution in [2.45, 2.75) is 19.1 Å². The van der Waals surface area contributed by atoms with E-state index < -0.39 is 12.1 Å². The predicted molar refractivity (Wildman–Crippen MR) is 52.3 cm³/mol. The number of rotatable bonds is 2. The van der Waals surface area contributed by atoms with Crippen LogP contribution in [-0.2, 0) is 0 Å². The van der Waals surface area contributed by atoms with E-state index in [2.05, 4.69) is 4.98 Å². The molecule has 2 atom stereocenters. The molecule has 0 aliphatic rings. The standard InChI is InChI=1S/C8H12ClN3O/c1-4(13)7(11)6-2-5(10)3-12-8(6)9/h2-4,7,13H,10-11H2,1H3. The molecule has 1 aromatic rings. The maximum Gasteiger partial charge on any atom is 0.134 e. The van der Waals surface area contributed by atoms with Crippen LogP contribution in [0.2, 0.25) is 5.15 Å². The van der Waals surface area contributed by atoms with Gasteiger partial charge in [-0.25, -0.2) is 4.98 Å². The molecule has 0 bridgehead atoms. The molecule has 0 aliphatic carbocycles. The number of aromatic nitrogens is 1. The average Bonchev–Trinajstić information content (AvgIpc) is 2.08. The van der Waals surface area contributed by atoms with E-state index in [0.29, 0.717) is 11.3 Å². The van der Waals surface area contributed by atoms with Crippen molar-refractivity contribution in [3.05, 3.63) is 23.0 Å². The summed E-state index contributed by atoms with van der Waals surface area (Å²) in [4.78, 5) is 3.83. The van der Waals surface area contributed by atoms with Crippen LogP contribution in [0.1, 0.15) is 18.5 Å². The highest BCUT2D eigenvalue weighted by molar-refractivity contribution is 6.30. The number of hydrogen-bond acceptors (Lipinski definition) is 4. The summed E-state index contributed by atoms with van der Waals surface area (Å²) in [5.74, 6) is 0. The molecule has 4 nitrogen and oxygen atoms in total. The van der Waals surface area contributed by atoms with Crippen molar-refractivity contribution < 1.29 is 5.11 Å². The number of pyridine rings is 1. The third kappa shape index (κ3) is 2.30. The van der Waals surface area contributed by atoms with Crippen LogP contribution in [0.5, 0.6) is 0 Å². The van der Waals surface area contributed by atoms with Crippen molar-refractivity contribution in [3.63, 3.8) is 0 Å². The first-order chi connectivity index (χ1) is 6.02. The normalized spacial score (nSPS) is 15.4. The van der Waals surface area contributed by atoms with Crippen molar-refractivity contribution >= 4 is 17.3 Å². The zero-order chi connectivity index (χ0) is 10.0. The lowest BCUT2D eigenvalue weighted by Crippen LogP contribution is -2.23. The molecule has 0 spiro atoms. The molecule has 72 valence electrons. The molecule has 0 fully saturated rings. The molecule has 0 aliphatic heterocycles. The Balaban J connectivity index is 3.05. The fourth-order valence-corrected chi connectivity index (χ4v) is 1.21. The summed E-state index contributed by atoms with van der Waals surface area (Å²) in [7, 11) is 0. The number of nitrogens with two attached hydrogens (primary N) is 2. The summed E-state index contributed by atoms with van der Waals surface area (Å²) in [6.45, 7) is 1.59. The summed E-state index contributed by atoms with van der Waals surface area (Å²) in [6, 6.07) is 1.07. The first-order valence-corrected chi connectivity index (χ1v) is 4.24. The Morgan fingerprint density at radius 1 is 1.62 bits per heavy atom. The molecule has 13 heavy (non-hydrogen) atoms. The fraction of sp³-hybridized carbons (Fsp3) is 0.375. The van der Waals surface area contributed by atoms with Gasteiger partial charge in [-0.2, -0.15) is 0 Å². The van der Waals surface area contributed by atoms with Crippen LogP contribution >= 0.6 is 11.6 Å². The number of nitrogen functional groups attached to an aromatic ring is 1. The van der Waals surface area contributed by atoms with Gasteiger partial charge < -0.3 is 16.6 Å². The van der Waals surface area contributed by atoms with Crippen LogP contribution in [0.4, 0.5) is 5.69 Å². The van der Waals surface area contributed by atoms with Gasteiger partial charge in [-0.15, -0.1) is 0 Å². The predicted octanol–water partition coefficient (Wildman–Crippen LogP) is 0.698. The smallest absolute Gasteiger partial charge is 0.134 e. The Morgan fingerprint density at radius 3 is 2.77 bits per heavy atom. The summed E-state index contributed by atoms with van der Waals surface area (Å²) in [6.07, 6.45) is 0.765. The van der Waals surface area contributed by atoms with E-state index in [-0.39, 0.29) is 5.15 Å². The van der Waals surface area contributed by atoms with Crippen LogP contribution < -0.4 is 11.5 Å². The Hall–Kier alpha value is -0.840. The molecule has 5 heteroatoms. The Morgan fingerprint density at radius 2 is 2.23 bits per heavy atom. The van der Waals surface area contributed by atoms with Gasteiger partial charge >= 0.3 is 0 Å². The van der Waals surface area contributed by atoms with E-state index in [1.165, 1.54) is 6.20 Å². The van der Waals surface area contributed by atoms with E-state index in [0.717, 1.165) is 0 Å². The van der Waals surface area contributed by atoms with Crippen molar-refractivity contribution in [2.75, 3.05) is 5.73 Å². The highest BCUT2D eigenvalue weighted by Crippen LogP contribution is 2.23. The molecular formula is C8H12ClN3O. The zero-order valence-corrected chi connectivity index (χ0v) is 7.99. The monoisotopic (exact) mass is 201 g/mol. The number of anilines is 1. The SMILES string of the molecule is CC(O)C(N)c1cc(N)cnc1Cl. The molecule has 0 saturated carbocycles. The maximum atomic E-state index is 9.24. The molecule has 1 rings (SSSR count). The van der Waals surface area contributed by atoms with Crippen molar-refractivity contribution in [1.82, 2.24) is 4.98 Å². The number of aliphatic hydroxyl groups is 1. The van der Waals surface area contributed by atoms with Crippen LogP contribution in [-0.4, -0.2) is 16.2 Å². The quantitative estimate of drug-likeness (QED) is 0.615. The lowest BCUT2D eigenvalue weighted by Gasteiger charge is -2.16. The van der Waals surface area contributed by atoms with E-state index in [1.807, 2.05) is 0 Å². The Kier molecular flexibility index (Phi) is 3.08. The molecule has 0 aromatic carbocycles. The minimum Gasteiger partial charge on any atom is -0.397 e. The molecule has 2 unspecified atom stereocenters. The molecule has 0 amide bonds. The van der Waals surface area contributed by atoms with Gasteiger partial charge in [0.25, 0.3) is 0 Å². The molecule has 1 heterocycles. The number of hydrogen-bond donors (Lipinski definition) is 3. The zero-order valence-electron chi connectivity index (χ0n) is 7.24. The van der Waals surface area contributed by atoms with E-state index in [4.69, 9.17) is 23.1 Å². The number of halogens is 1. The van der Waals surface area contributed by atoms with Crippen LogP contribution in [0.25, 0.3) is 0 Å². The second-order valence-corrected chi connectivity index (χ2v) is 3.27. The molecule has 0 saturated heterocycles. The summed E-state index contributed by atoms with van der Waals surface area (Å²) in [5, 5.41) is 9.52. The van der Waals surface area contributed by atoms with Crippen LogP contribution in [0.3, 0.4) is 0 Å².